The molecule has 1 aromatic heterocycles. The highest BCUT2D eigenvalue weighted by molar-refractivity contribution is 7.99. The third-order valence-electron chi connectivity index (χ3n) is 7.72. The zero-order valence-electron chi connectivity index (χ0n) is 20.6. The summed E-state index contributed by atoms with van der Waals surface area (Å²) in [6.45, 7) is 0. The number of nitrogens with zero attached hydrogens (tertiary/aromatic N) is 2. The van der Waals surface area contributed by atoms with E-state index >= 15 is 0 Å². The van der Waals surface area contributed by atoms with E-state index in [4.69, 9.17) is 9.72 Å². The second-order valence-electron chi connectivity index (χ2n) is 9.87. The van der Waals surface area contributed by atoms with Gasteiger partial charge in [0, 0.05) is 22.8 Å². The van der Waals surface area contributed by atoms with E-state index in [0.717, 1.165) is 77.7 Å². The molecule has 1 fully saturated rings. The van der Waals surface area contributed by atoms with Gasteiger partial charge in [0.15, 0.2) is 5.16 Å². The fourth-order valence-corrected chi connectivity index (χ4v) is 6.98. The van der Waals surface area contributed by atoms with E-state index in [-0.39, 0.29) is 11.0 Å². The summed E-state index contributed by atoms with van der Waals surface area (Å²) in [4.78, 5) is 19.8. The number of thioether (sulfide) groups is 1. The van der Waals surface area contributed by atoms with Crippen LogP contribution in [-0.4, -0.2) is 22.4 Å². The Kier molecular flexibility index (Phi) is 6.18. The lowest BCUT2D eigenvalue weighted by Crippen LogP contribution is -2.40. The Balaban J connectivity index is 1.53. The third-order valence-corrected chi connectivity index (χ3v) is 8.66. The minimum absolute atomic E-state index is 0.0758. The predicted octanol–water partition coefficient (Wildman–Crippen LogP) is 6.61. The van der Waals surface area contributed by atoms with Crippen LogP contribution in [0.1, 0.15) is 42.4 Å². The summed E-state index contributed by atoms with van der Waals surface area (Å²) in [5.74, 6) is 1.57. The molecule has 0 amide bonds. The first-order valence-corrected chi connectivity index (χ1v) is 13.7. The molecule has 2 aliphatic rings. The number of benzene rings is 3. The molecular formula is C31H30N2O2S. The van der Waals surface area contributed by atoms with Gasteiger partial charge in [0.2, 0.25) is 0 Å². The Morgan fingerprint density at radius 3 is 2.56 bits per heavy atom. The minimum atomic E-state index is -0.123. The van der Waals surface area contributed by atoms with Gasteiger partial charge < -0.3 is 4.74 Å². The van der Waals surface area contributed by atoms with Gasteiger partial charge in [-0.25, -0.2) is 4.98 Å². The monoisotopic (exact) mass is 494 g/mol. The molecule has 1 heterocycles. The number of aromatic nitrogens is 2. The zero-order chi connectivity index (χ0) is 24.5. The van der Waals surface area contributed by atoms with Gasteiger partial charge in [-0.05, 0) is 48.9 Å². The van der Waals surface area contributed by atoms with Crippen LogP contribution in [0, 0.1) is 0 Å². The van der Waals surface area contributed by atoms with Crippen molar-refractivity contribution in [1.29, 1.82) is 0 Å². The molecule has 5 heteroatoms. The zero-order valence-corrected chi connectivity index (χ0v) is 21.4. The molecule has 0 radical (unpaired) electrons. The molecule has 2 aliphatic carbocycles. The molecule has 1 saturated carbocycles. The Hall–Kier alpha value is -3.31. The lowest BCUT2D eigenvalue weighted by atomic mass is 9.68. The van der Waals surface area contributed by atoms with Crippen LogP contribution in [0.4, 0.5) is 0 Å². The van der Waals surface area contributed by atoms with Crippen LogP contribution in [0.25, 0.3) is 16.9 Å². The highest BCUT2D eigenvalue weighted by Crippen LogP contribution is 2.50. The fraction of sp³-hybridized carbons (Fsp3) is 0.290. The second-order valence-corrected chi connectivity index (χ2v) is 10.9. The van der Waals surface area contributed by atoms with Crippen molar-refractivity contribution in [1.82, 2.24) is 9.55 Å². The van der Waals surface area contributed by atoms with Gasteiger partial charge in [0.1, 0.15) is 5.75 Å². The van der Waals surface area contributed by atoms with Crippen molar-refractivity contribution in [2.24, 2.45) is 0 Å². The van der Waals surface area contributed by atoms with Crippen LogP contribution < -0.4 is 10.3 Å². The smallest absolute Gasteiger partial charge is 0.263 e. The summed E-state index contributed by atoms with van der Waals surface area (Å²) in [6, 6.07) is 26.8. The van der Waals surface area contributed by atoms with Crippen LogP contribution in [-0.2, 0) is 18.3 Å². The van der Waals surface area contributed by atoms with Gasteiger partial charge in [-0.3, -0.25) is 9.36 Å². The lowest BCUT2D eigenvalue weighted by molar-refractivity contribution is 0.413. The van der Waals surface area contributed by atoms with Crippen LogP contribution in [0.15, 0.2) is 88.8 Å². The van der Waals surface area contributed by atoms with Crippen molar-refractivity contribution in [2.45, 2.75) is 49.1 Å². The van der Waals surface area contributed by atoms with Gasteiger partial charge in [-0.15, -0.1) is 0 Å². The van der Waals surface area contributed by atoms with Gasteiger partial charge in [-0.2, -0.15) is 0 Å². The molecule has 0 atom stereocenters. The number of aryl methyl sites for hydroxylation is 1. The van der Waals surface area contributed by atoms with E-state index in [1.54, 1.807) is 18.9 Å². The van der Waals surface area contributed by atoms with E-state index < -0.39 is 0 Å². The van der Waals surface area contributed by atoms with Crippen LogP contribution >= 0.6 is 11.8 Å². The SMILES string of the molecule is COc1cccc(-n2c(SCCc3ccccc3)nc3c(c2=O)C2(CCCC2)Cc2ccccc2-3)c1. The number of hydrogen-bond donors (Lipinski definition) is 0. The molecule has 0 bridgehead atoms. The number of rotatable bonds is 6. The van der Waals surface area contributed by atoms with E-state index in [0.29, 0.717) is 0 Å². The Bertz CT molecular complexity index is 1460. The summed E-state index contributed by atoms with van der Waals surface area (Å²) < 4.78 is 7.34. The molecule has 4 nitrogen and oxygen atoms in total. The van der Waals surface area contributed by atoms with Crippen molar-refractivity contribution in [3.05, 3.63) is 106 Å². The summed E-state index contributed by atoms with van der Waals surface area (Å²) in [7, 11) is 1.66. The molecular weight excluding hydrogens is 464 g/mol. The van der Waals surface area contributed by atoms with Crippen LogP contribution in [0.2, 0.25) is 0 Å². The molecule has 0 aliphatic heterocycles. The van der Waals surface area contributed by atoms with E-state index in [1.807, 2.05) is 34.9 Å². The normalized spacial score (nSPS) is 15.5. The van der Waals surface area contributed by atoms with Crippen molar-refractivity contribution >= 4 is 11.8 Å². The molecule has 0 saturated heterocycles. The Morgan fingerprint density at radius 1 is 0.972 bits per heavy atom. The quantitative estimate of drug-likeness (QED) is 0.223. The van der Waals surface area contributed by atoms with Gasteiger partial charge in [-0.1, -0.05) is 85.3 Å². The molecule has 182 valence electrons. The molecule has 36 heavy (non-hydrogen) atoms. The van der Waals surface area contributed by atoms with E-state index in [9.17, 15) is 4.79 Å². The Morgan fingerprint density at radius 2 is 1.75 bits per heavy atom. The highest BCUT2D eigenvalue weighted by Gasteiger charge is 2.44. The maximum atomic E-state index is 14.5. The standard InChI is InChI=1S/C31H30N2O2S/c1-35-25-14-9-13-24(20-25)33-29(34)27-28(32-30(33)36-19-16-22-10-3-2-4-11-22)26-15-6-5-12-23(26)21-31(27)17-7-8-18-31/h2-6,9-15,20H,7-8,16-19,21H2,1H3. The van der Waals surface area contributed by atoms with E-state index in [1.165, 1.54) is 11.1 Å². The summed E-state index contributed by atoms with van der Waals surface area (Å²) in [5.41, 5.74) is 6.29. The Labute approximate surface area is 216 Å². The van der Waals surface area contributed by atoms with Crippen molar-refractivity contribution in [2.75, 3.05) is 12.9 Å². The van der Waals surface area contributed by atoms with E-state index in [2.05, 4.69) is 48.5 Å². The van der Waals surface area contributed by atoms with Crippen molar-refractivity contribution < 1.29 is 4.74 Å². The van der Waals surface area contributed by atoms with Crippen molar-refractivity contribution in [3.8, 4) is 22.7 Å². The first kappa shape index (κ1) is 23.1. The maximum Gasteiger partial charge on any atom is 0.263 e. The van der Waals surface area contributed by atoms with Gasteiger partial charge >= 0.3 is 0 Å². The molecule has 3 aromatic carbocycles. The first-order valence-electron chi connectivity index (χ1n) is 12.8. The predicted molar refractivity (Wildman–Crippen MR) is 147 cm³/mol. The highest BCUT2D eigenvalue weighted by atomic mass is 32.2. The second kappa shape index (κ2) is 9.62. The molecule has 0 unspecified atom stereocenters. The maximum absolute atomic E-state index is 14.5. The molecule has 1 spiro atoms. The van der Waals surface area contributed by atoms with Gasteiger partial charge in [0.25, 0.3) is 5.56 Å². The molecule has 0 N–H and O–H groups in total. The number of hydrogen-bond acceptors (Lipinski definition) is 4. The van der Waals surface area contributed by atoms with Crippen molar-refractivity contribution in [3.63, 3.8) is 0 Å². The van der Waals surface area contributed by atoms with Crippen LogP contribution in [0.3, 0.4) is 0 Å². The number of methoxy groups -OCH3 is 1. The van der Waals surface area contributed by atoms with Crippen LogP contribution in [0.5, 0.6) is 5.75 Å². The molecule has 6 rings (SSSR count). The minimum Gasteiger partial charge on any atom is -0.497 e. The molecule has 4 aromatic rings. The fourth-order valence-electron chi connectivity index (χ4n) is 5.99. The number of fused-ring (bicyclic) bond motifs is 4. The van der Waals surface area contributed by atoms with Gasteiger partial charge in [0.05, 0.1) is 24.1 Å². The largest absolute Gasteiger partial charge is 0.497 e. The topological polar surface area (TPSA) is 44.1 Å². The first-order chi connectivity index (χ1) is 17.7. The lowest BCUT2D eigenvalue weighted by Gasteiger charge is -2.36. The summed E-state index contributed by atoms with van der Waals surface area (Å²) in [5, 5.41) is 0.743. The summed E-state index contributed by atoms with van der Waals surface area (Å²) >= 11 is 1.65. The average molecular weight is 495 g/mol. The number of ether oxygens (including phenoxy) is 1. The third kappa shape index (κ3) is 4.05. The average Bonchev–Trinajstić information content (AvgIpc) is 3.37. The summed E-state index contributed by atoms with van der Waals surface area (Å²) in [6.07, 6.45) is 6.25.